The smallest absolute Gasteiger partial charge is 0.387 e. The molecule has 132 valence electrons. The van der Waals surface area contributed by atoms with Gasteiger partial charge in [0, 0.05) is 6.54 Å². The topological polar surface area (TPSA) is 67.9 Å². The van der Waals surface area contributed by atoms with Crippen LogP contribution in [-0.4, -0.2) is 43.1 Å². The average Bonchev–Trinajstić information content (AvgIpc) is 2.80. The van der Waals surface area contributed by atoms with Crippen LogP contribution in [0.1, 0.15) is 25.3 Å². The second-order valence-electron chi connectivity index (χ2n) is 5.39. The number of nitrogens with zero attached hydrogens (tertiary/aromatic N) is 1. The van der Waals surface area contributed by atoms with E-state index in [1.807, 2.05) is 6.92 Å². The summed E-state index contributed by atoms with van der Waals surface area (Å²) in [7, 11) is 1.35. The van der Waals surface area contributed by atoms with E-state index >= 15 is 0 Å². The third-order valence-corrected chi connectivity index (χ3v) is 3.75. The molecule has 8 heteroatoms. The Kier molecular flexibility index (Phi) is 5.94. The van der Waals surface area contributed by atoms with E-state index in [2.05, 4.69) is 10.1 Å². The van der Waals surface area contributed by atoms with Crippen LogP contribution in [0.3, 0.4) is 0 Å². The first-order chi connectivity index (χ1) is 11.5. The Balaban J connectivity index is 2.01. The molecule has 1 aliphatic rings. The van der Waals surface area contributed by atoms with E-state index in [0.717, 1.165) is 12.0 Å². The molecule has 0 bridgehead atoms. The number of urea groups is 1. The number of imide groups is 1. The van der Waals surface area contributed by atoms with Gasteiger partial charge < -0.3 is 14.8 Å². The second-order valence-corrected chi connectivity index (χ2v) is 5.39. The highest BCUT2D eigenvalue weighted by molar-refractivity contribution is 6.04. The summed E-state index contributed by atoms with van der Waals surface area (Å²) in [5.41, 5.74) is 0.744. The number of alkyl halides is 2. The van der Waals surface area contributed by atoms with Gasteiger partial charge in [-0.3, -0.25) is 9.69 Å². The van der Waals surface area contributed by atoms with E-state index in [9.17, 15) is 18.4 Å². The highest BCUT2D eigenvalue weighted by Crippen LogP contribution is 2.29. The van der Waals surface area contributed by atoms with Gasteiger partial charge in [0.15, 0.2) is 11.5 Å². The summed E-state index contributed by atoms with van der Waals surface area (Å²) >= 11 is 0. The molecule has 1 aliphatic heterocycles. The van der Waals surface area contributed by atoms with Crippen LogP contribution in [-0.2, 0) is 11.2 Å². The molecule has 2 rings (SSSR count). The largest absolute Gasteiger partial charge is 0.493 e. The normalized spacial score (nSPS) is 17.4. The SMILES string of the molecule is CCCC1NC(=O)N(CCc2ccc(OC(F)F)c(OC)c2)C1=O. The fraction of sp³-hybridized carbons (Fsp3) is 0.500. The molecular formula is C16H20F2N2O4. The first-order valence-electron chi connectivity index (χ1n) is 7.69. The van der Waals surface area contributed by atoms with Gasteiger partial charge >= 0.3 is 12.6 Å². The van der Waals surface area contributed by atoms with Crippen molar-refractivity contribution in [3.8, 4) is 11.5 Å². The first-order valence-corrected chi connectivity index (χ1v) is 7.69. The van der Waals surface area contributed by atoms with E-state index in [-0.39, 0.29) is 24.0 Å². The lowest BCUT2D eigenvalue weighted by Crippen LogP contribution is -2.33. The van der Waals surface area contributed by atoms with Crippen molar-refractivity contribution in [1.82, 2.24) is 10.2 Å². The summed E-state index contributed by atoms with van der Waals surface area (Å²) in [6.45, 7) is -0.785. The summed E-state index contributed by atoms with van der Waals surface area (Å²) in [4.78, 5) is 25.2. The molecule has 24 heavy (non-hydrogen) atoms. The molecule has 1 fully saturated rings. The van der Waals surface area contributed by atoms with Gasteiger partial charge in [0.25, 0.3) is 5.91 Å². The number of rotatable bonds is 8. The zero-order valence-corrected chi connectivity index (χ0v) is 13.6. The highest BCUT2D eigenvalue weighted by Gasteiger charge is 2.36. The van der Waals surface area contributed by atoms with Crippen LogP contribution in [0.2, 0.25) is 0 Å². The summed E-state index contributed by atoms with van der Waals surface area (Å²) in [5.74, 6) is -0.116. The average molecular weight is 342 g/mol. The molecule has 1 N–H and O–H groups in total. The van der Waals surface area contributed by atoms with E-state index in [1.165, 1.54) is 18.1 Å². The third kappa shape index (κ3) is 4.12. The lowest BCUT2D eigenvalue weighted by Gasteiger charge is -2.14. The maximum atomic E-state index is 12.3. The minimum Gasteiger partial charge on any atom is -0.493 e. The van der Waals surface area contributed by atoms with Crippen molar-refractivity contribution in [3.05, 3.63) is 23.8 Å². The number of nitrogens with one attached hydrogen (secondary N) is 1. The van der Waals surface area contributed by atoms with Crippen molar-refractivity contribution >= 4 is 11.9 Å². The van der Waals surface area contributed by atoms with Crippen LogP contribution < -0.4 is 14.8 Å². The number of hydrogen-bond donors (Lipinski definition) is 1. The zero-order chi connectivity index (χ0) is 17.7. The lowest BCUT2D eigenvalue weighted by molar-refractivity contribution is -0.127. The van der Waals surface area contributed by atoms with Gasteiger partial charge in [0.1, 0.15) is 6.04 Å². The van der Waals surface area contributed by atoms with Crippen molar-refractivity contribution < 1.29 is 27.8 Å². The minimum atomic E-state index is -2.94. The molecule has 0 spiro atoms. The van der Waals surface area contributed by atoms with Crippen LogP contribution in [0.4, 0.5) is 13.6 Å². The third-order valence-electron chi connectivity index (χ3n) is 3.75. The van der Waals surface area contributed by atoms with Crippen LogP contribution in [0.15, 0.2) is 18.2 Å². The molecule has 1 atom stereocenters. The van der Waals surface area contributed by atoms with E-state index < -0.39 is 18.7 Å². The van der Waals surface area contributed by atoms with Crippen molar-refractivity contribution in [2.45, 2.75) is 38.8 Å². The number of halogens is 2. The summed E-state index contributed by atoms with van der Waals surface area (Å²) < 4.78 is 34.0. The van der Waals surface area contributed by atoms with E-state index in [1.54, 1.807) is 12.1 Å². The van der Waals surface area contributed by atoms with Gasteiger partial charge in [0.2, 0.25) is 0 Å². The van der Waals surface area contributed by atoms with E-state index in [4.69, 9.17) is 4.74 Å². The number of methoxy groups -OCH3 is 1. The molecule has 1 aromatic carbocycles. The molecule has 0 radical (unpaired) electrons. The Labute approximate surface area is 138 Å². The Morgan fingerprint density at radius 2 is 2.04 bits per heavy atom. The van der Waals surface area contributed by atoms with Gasteiger partial charge in [-0.15, -0.1) is 0 Å². The standard InChI is InChI=1S/C16H20F2N2O4/c1-3-4-11-14(21)20(16(22)19-11)8-7-10-5-6-12(24-15(17)18)13(9-10)23-2/h5-6,9,11,15H,3-4,7-8H2,1-2H3,(H,19,22). The first kappa shape index (κ1) is 18.0. The summed E-state index contributed by atoms with van der Waals surface area (Å²) in [5, 5.41) is 2.65. The maximum absolute atomic E-state index is 12.3. The van der Waals surface area contributed by atoms with Gasteiger partial charge in [-0.05, 0) is 30.5 Å². The highest BCUT2D eigenvalue weighted by atomic mass is 19.3. The zero-order valence-electron chi connectivity index (χ0n) is 13.6. The van der Waals surface area contributed by atoms with Crippen LogP contribution in [0, 0.1) is 0 Å². The van der Waals surface area contributed by atoms with Crippen molar-refractivity contribution in [2.75, 3.05) is 13.7 Å². The fourth-order valence-corrected chi connectivity index (χ4v) is 2.57. The molecule has 3 amide bonds. The quantitative estimate of drug-likeness (QED) is 0.737. The Morgan fingerprint density at radius 1 is 1.29 bits per heavy atom. The number of hydrogen-bond acceptors (Lipinski definition) is 4. The Hall–Kier alpha value is -2.38. The summed E-state index contributed by atoms with van der Waals surface area (Å²) in [6, 6.07) is 3.68. The van der Waals surface area contributed by atoms with Gasteiger partial charge in [-0.2, -0.15) is 8.78 Å². The van der Waals surface area contributed by atoms with Crippen LogP contribution >= 0.6 is 0 Å². The number of amides is 3. The van der Waals surface area contributed by atoms with Gasteiger partial charge in [0.05, 0.1) is 7.11 Å². The van der Waals surface area contributed by atoms with Crippen LogP contribution in [0.5, 0.6) is 11.5 Å². The predicted molar refractivity (Wildman–Crippen MR) is 82.3 cm³/mol. The molecule has 0 aliphatic carbocycles. The Bertz CT molecular complexity index is 610. The molecule has 6 nitrogen and oxygen atoms in total. The molecule has 1 saturated heterocycles. The number of benzene rings is 1. The van der Waals surface area contributed by atoms with Crippen molar-refractivity contribution in [2.24, 2.45) is 0 Å². The Morgan fingerprint density at radius 3 is 2.67 bits per heavy atom. The second kappa shape index (κ2) is 7.94. The van der Waals surface area contributed by atoms with Gasteiger partial charge in [-0.25, -0.2) is 4.79 Å². The van der Waals surface area contributed by atoms with Crippen molar-refractivity contribution in [1.29, 1.82) is 0 Å². The molecule has 0 saturated carbocycles. The van der Waals surface area contributed by atoms with Crippen molar-refractivity contribution in [3.63, 3.8) is 0 Å². The van der Waals surface area contributed by atoms with E-state index in [0.29, 0.717) is 12.8 Å². The number of carbonyl (C=O) groups excluding carboxylic acids is 2. The monoisotopic (exact) mass is 342 g/mol. The molecule has 1 aromatic rings. The minimum absolute atomic E-state index is 0.0609. The predicted octanol–water partition coefficient (Wildman–Crippen LogP) is 2.56. The lowest BCUT2D eigenvalue weighted by atomic mass is 10.1. The maximum Gasteiger partial charge on any atom is 0.387 e. The molecule has 1 heterocycles. The number of carbonyl (C=O) groups is 2. The number of ether oxygens (including phenoxy) is 2. The molecule has 0 aromatic heterocycles. The fourth-order valence-electron chi connectivity index (χ4n) is 2.57. The van der Waals surface area contributed by atoms with Gasteiger partial charge in [-0.1, -0.05) is 19.4 Å². The molecule has 1 unspecified atom stereocenters. The summed E-state index contributed by atoms with van der Waals surface area (Å²) in [6.07, 6.45) is 1.80. The molecular weight excluding hydrogens is 322 g/mol. The van der Waals surface area contributed by atoms with Crippen LogP contribution in [0.25, 0.3) is 0 Å².